The third-order valence-corrected chi connectivity index (χ3v) is 6.57. The van der Waals surface area contributed by atoms with Crippen LogP contribution >= 0.6 is 0 Å². The normalized spacial score (nSPS) is 20.1. The Morgan fingerprint density at radius 3 is 2.15 bits per heavy atom. The van der Waals surface area contributed by atoms with Gasteiger partial charge in [0.15, 0.2) is 0 Å². The molecule has 1 aliphatic carbocycles. The lowest BCUT2D eigenvalue weighted by molar-refractivity contribution is -0.143. The number of nitrogens with zero attached hydrogens (tertiary/aromatic N) is 3. The number of nitrogens with one attached hydrogen (secondary N) is 1. The molecule has 5 rings (SSSR count). The molecule has 7 heteroatoms. The summed E-state index contributed by atoms with van der Waals surface area (Å²) >= 11 is 0. The summed E-state index contributed by atoms with van der Waals surface area (Å²) in [5.74, 6) is -1.22. The van der Waals surface area contributed by atoms with Crippen LogP contribution in [0, 0.1) is 11.8 Å². The van der Waals surface area contributed by atoms with Crippen molar-refractivity contribution in [1.29, 1.82) is 0 Å². The monoisotopic (exact) mass is 442 g/mol. The van der Waals surface area contributed by atoms with E-state index in [-0.39, 0.29) is 42.6 Å². The van der Waals surface area contributed by atoms with Crippen LogP contribution in [0.15, 0.2) is 66.9 Å². The molecule has 2 fully saturated rings. The third kappa shape index (κ3) is 4.18. The zero-order valence-corrected chi connectivity index (χ0v) is 18.3. The second-order valence-corrected chi connectivity index (χ2v) is 8.69. The Morgan fingerprint density at radius 2 is 1.52 bits per heavy atom. The van der Waals surface area contributed by atoms with Crippen LogP contribution in [0.3, 0.4) is 0 Å². The molecule has 3 amide bonds. The molecule has 0 bridgehead atoms. The molecule has 1 saturated carbocycles. The van der Waals surface area contributed by atoms with E-state index in [0.717, 1.165) is 53.1 Å². The first kappa shape index (κ1) is 21.1. The highest BCUT2D eigenvalue weighted by Gasteiger charge is 2.48. The van der Waals surface area contributed by atoms with Gasteiger partial charge in [0.1, 0.15) is 6.54 Å². The molecule has 3 aromatic rings. The second kappa shape index (κ2) is 9.02. The molecule has 0 spiro atoms. The van der Waals surface area contributed by atoms with Gasteiger partial charge in [0.2, 0.25) is 17.7 Å². The van der Waals surface area contributed by atoms with E-state index in [9.17, 15) is 14.4 Å². The van der Waals surface area contributed by atoms with Crippen LogP contribution in [0.2, 0.25) is 0 Å². The first-order valence-electron chi connectivity index (χ1n) is 11.4. The number of rotatable bonds is 6. The number of hydrogen-bond donors (Lipinski definition) is 1. The molecule has 1 N–H and O–H groups in total. The summed E-state index contributed by atoms with van der Waals surface area (Å²) in [6.07, 6.45) is 5.32. The molecule has 1 aromatic heterocycles. The first-order valence-corrected chi connectivity index (χ1v) is 11.4. The molecule has 0 unspecified atom stereocenters. The molecular weight excluding hydrogens is 416 g/mol. The van der Waals surface area contributed by atoms with Crippen molar-refractivity contribution in [3.05, 3.63) is 72.4 Å². The fraction of sp³-hybridized carbons (Fsp3) is 0.308. The minimum Gasteiger partial charge on any atom is -0.350 e. The maximum absolute atomic E-state index is 12.7. The summed E-state index contributed by atoms with van der Waals surface area (Å²) in [6.45, 7) is 0.0249. The Kier molecular flexibility index (Phi) is 5.77. The van der Waals surface area contributed by atoms with E-state index in [4.69, 9.17) is 5.10 Å². The summed E-state index contributed by atoms with van der Waals surface area (Å²) in [4.78, 5) is 39.2. The lowest BCUT2D eigenvalue weighted by Crippen LogP contribution is -2.40. The highest BCUT2D eigenvalue weighted by atomic mass is 16.2. The second-order valence-electron chi connectivity index (χ2n) is 8.69. The summed E-state index contributed by atoms with van der Waals surface area (Å²) in [6, 6.07) is 19.6. The van der Waals surface area contributed by atoms with Crippen LogP contribution in [0.25, 0.3) is 16.9 Å². The van der Waals surface area contributed by atoms with Crippen molar-refractivity contribution >= 4 is 17.7 Å². The van der Waals surface area contributed by atoms with Gasteiger partial charge in [-0.1, -0.05) is 61.4 Å². The number of imide groups is 1. The van der Waals surface area contributed by atoms with Crippen molar-refractivity contribution in [2.45, 2.75) is 32.2 Å². The van der Waals surface area contributed by atoms with Crippen LogP contribution in [0.4, 0.5) is 0 Å². The van der Waals surface area contributed by atoms with Crippen molar-refractivity contribution in [1.82, 2.24) is 20.0 Å². The van der Waals surface area contributed by atoms with Gasteiger partial charge >= 0.3 is 0 Å². The molecule has 2 aromatic carbocycles. The Labute approximate surface area is 192 Å². The summed E-state index contributed by atoms with van der Waals surface area (Å²) in [7, 11) is 0. The van der Waals surface area contributed by atoms with Crippen LogP contribution in [0.1, 0.15) is 31.2 Å². The fourth-order valence-corrected chi connectivity index (χ4v) is 4.87. The average molecular weight is 443 g/mol. The van der Waals surface area contributed by atoms with E-state index >= 15 is 0 Å². The standard InChI is InChI=1S/C26H26N4O3/c31-23(17-29-25(32)21-13-7-8-14-22(21)26(29)33)27-15-19-16-30(20-11-5-2-6-12-20)28-24(19)18-9-3-1-4-10-18/h1-6,9-12,16,21-22H,7-8,13-15,17H2,(H,27,31)/t21-,22-/m1/s1. The number of benzene rings is 2. The fourth-order valence-electron chi connectivity index (χ4n) is 4.87. The Bertz CT molecular complexity index is 1150. The lowest BCUT2D eigenvalue weighted by Gasteiger charge is -2.19. The number of fused-ring (bicyclic) bond motifs is 1. The van der Waals surface area contributed by atoms with Crippen molar-refractivity contribution in [2.75, 3.05) is 6.54 Å². The predicted octanol–water partition coefficient (Wildman–Crippen LogP) is 3.33. The zero-order chi connectivity index (χ0) is 22.8. The van der Waals surface area contributed by atoms with Crippen LogP contribution in [-0.2, 0) is 20.9 Å². The largest absolute Gasteiger partial charge is 0.350 e. The maximum atomic E-state index is 12.7. The van der Waals surface area contributed by atoms with Crippen LogP contribution in [0.5, 0.6) is 0 Å². The smallest absolute Gasteiger partial charge is 0.240 e. The van der Waals surface area contributed by atoms with Gasteiger partial charge in [-0.05, 0) is 25.0 Å². The Hall–Kier alpha value is -3.74. The number of hydrogen-bond acceptors (Lipinski definition) is 4. The van der Waals surface area contributed by atoms with Crippen LogP contribution in [-0.4, -0.2) is 38.9 Å². The number of carbonyl (C=O) groups is 3. The van der Waals surface area contributed by atoms with Gasteiger partial charge in [0, 0.05) is 23.9 Å². The first-order chi connectivity index (χ1) is 16.1. The number of aromatic nitrogens is 2. The maximum Gasteiger partial charge on any atom is 0.240 e. The van der Waals surface area contributed by atoms with Gasteiger partial charge < -0.3 is 5.32 Å². The van der Waals surface area contributed by atoms with Crippen molar-refractivity contribution in [3.63, 3.8) is 0 Å². The number of likely N-dealkylation sites (tertiary alicyclic amines) is 1. The van der Waals surface area contributed by atoms with E-state index in [2.05, 4.69) is 5.32 Å². The summed E-state index contributed by atoms with van der Waals surface area (Å²) < 4.78 is 1.79. The molecule has 2 heterocycles. The number of para-hydroxylation sites is 1. The van der Waals surface area contributed by atoms with Gasteiger partial charge in [-0.15, -0.1) is 0 Å². The van der Waals surface area contributed by atoms with E-state index in [1.54, 1.807) is 4.68 Å². The van der Waals surface area contributed by atoms with E-state index < -0.39 is 0 Å². The van der Waals surface area contributed by atoms with Gasteiger partial charge in [-0.25, -0.2) is 4.68 Å². The van der Waals surface area contributed by atoms with Crippen LogP contribution < -0.4 is 5.32 Å². The zero-order valence-electron chi connectivity index (χ0n) is 18.3. The van der Waals surface area contributed by atoms with Gasteiger partial charge in [0.25, 0.3) is 0 Å². The quantitative estimate of drug-likeness (QED) is 0.594. The third-order valence-electron chi connectivity index (χ3n) is 6.57. The lowest BCUT2D eigenvalue weighted by atomic mass is 9.81. The molecule has 0 radical (unpaired) electrons. The molecule has 7 nitrogen and oxygen atoms in total. The SMILES string of the molecule is O=C(CN1C(=O)[C@@H]2CCCC[C@H]2C1=O)NCc1cn(-c2ccccc2)nc1-c1ccccc1. The molecule has 2 atom stereocenters. The predicted molar refractivity (Wildman–Crippen MR) is 123 cm³/mol. The van der Waals surface area contributed by atoms with Gasteiger partial charge in [-0.2, -0.15) is 5.10 Å². The van der Waals surface area contributed by atoms with E-state index in [1.807, 2.05) is 66.9 Å². The molecule has 33 heavy (non-hydrogen) atoms. The Balaban J connectivity index is 1.32. The van der Waals surface area contributed by atoms with E-state index in [0.29, 0.717) is 0 Å². The molecule has 168 valence electrons. The van der Waals surface area contributed by atoms with Gasteiger partial charge in [-0.3, -0.25) is 19.3 Å². The molecule has 2 aliphatic rings. The molecule has 1 saturated heterocycles. The number of carbonyl (C=O) groups excluding carboxylic acids is 3. The minimum atomic E-state index is -0.346. The average Bonchev–Trinajstić information content (AvgIpc) is 3.40. The number of amides is 3. The topological polar surface area (TPSA) is 84.3 Å². The molecular formula is C26H26N4O3. The van der Waals surface area contributed by atoms with Crippen molar-refractivity contribution < 1.29 is 14.4 Å². The summed E-state index contributed by atoms with van der Waals surface area (Å²) in [5.41, 5.74) is 3.50. The van der Waals surface area contributed by atoms with Crippen molar-refractivity contribution in [2.24, 2.45) is 11.8 Å². The molecule has 1 aliphatic heterocycles. The highest BCUT2D eigenvalue weighted by Crippen LogP contribution is 2.37. The Morgan fingerprint density at radius 1 is 0.909 bits per heavy atom. The highest BCUT2D eigenvalue weighted by molar-refractivity contribution is 6.07. The van der Waals surface area contributed by atoms with E-state index in [1.165, 1.54) is 0 Å². The minimum absolute atomic E-state index is 0.193. The van der Waals surface area contributed by atoms with Crippen molar-refractivity contribution in [3.8, 4) is 16.9 Å². The summed E-state index contributed by atoms with van der Waals surface area (Å²) in [5, 5.41) is 7.64. The van der Waals surface area contributed by atoms with Gasteiger partial charge in [0.05, 0.1) is 23.2 Å².